The summed E-state index contributed by atoms with van der Waals surface area (Å²) in [7, 11) is 0. The largest absolute Gasteiger partial charge is 0.393 e. The molecule has 1 unspecified atom stereocenters. The van der Waals surface area contributed by atoms with E-state index in [9.17, 15) is 14.7 Å². The zero-order valence-corrected chi connectivity index (χ0v) is 20.0. The first-order valence-electron chi connectivity index (χ1n) is 12.4. The first kappa shape index (κ1) is 22.0. The molecule has 35 heavy (non-hydrogen) atoms. The minimum Gasteiger partial charge on any atom is -0.393 e. The number of aromatic nitrogens is 3. The molecule has 9 nitrogen and oxygen atoms in total. The number of carbonyl (C=O) groups is 2. The summed E-state index contributed by atoms with van der Waals surface area (Å²) in [5, 5.41) is 17.0. The average Bonchev–Trinajstić information content (AvgIpc) is 3.39. The lowest BCUT2D eigenvalue weighted by Gasteiger charge is -2.24. The number of nitrogens with zero attached hydrogens (tertiary/aromatic N) is 4. The Morgan fingerprint density at radius 3 is 2.77 bits per heavy atom. The van der Waals surface area contributed by atoms with Crippen LogP contribution in [0.2, 0.25) is 0 Å². The van der Waals surface area contributed by atoms with Crippen molar-refractivity contribution >= 4 is 23.3 Å². The van der Waals surface area contributed by atoms with Crippen molar-refractivity contribution in [2.24, 2.45) is 5.92 Å². The monoisotopic (exact) mass is 474 g/mol. The topological polar surface area (TPSA) is 126 Å². The van der Waals surface area contributed by atoms with Gasteiger partial charge in [0.05, 0.1) is 11.8 Å². The molecule has 6 rings (SSSR count). The fourth-order valence-electron chi connectivity index (χ4n) is 5.67. The Morgan fingerprint density at radius 1 is 1.26 bits per heavy atom. The van der Waals surface area contributed by atoms with Crippen LogP contribution in [0.4, 0.5) is 5.82 Å². The summed E-state index contributed by atoms with van der Waals surface area (Å²) >= 11 is 0. The van der Waals surface area contributed by atoms with E-state index in [1.807, 2.05) is 30.0 Å². The molecule has 3 aromatic rings. The first-order valence-corrected chi connectivity index (χ1v) is 12.4. The quantitative estimate of drug-likeness (QED) is 0.522. The van der Waals surface area contributed by atoms with Gasteiger partial charge in [-0.05, 0) is 81.2 Å². The molecule has 2 fully saturated rings. The fraction of sp³-hybridized carbons (Fsp3) is 0.462. The Balaban J connectivity index is 1.33. The zero-order valence-electron chi connectivity index (χ0n) is 20.0. The summed E-state index contributed by atoms with van der Waals surface area (Å²) in [5.74, 6) is 0.515. The van der Waals surface area contributed by atoms with Crippen LogP contribution in [-0.4, -0.2) is 54.6 Å². The van der Waals surface area contributed by atoms with E-state index < -0.39 is 0 Å². The number of benzene rings is 1. The van der Waals surface area contributed by atoms with E-state index in [0.29, 0.717) is 36.6 Å². The van der Waals surface area contributed by atoms with Crippen molar-refractivity contribution < 1.29 is 14.7 Å². The third kappa shape index (κ3) is 3.74. The number of carbonyl (C=O) groups excluding carboxylic acids is 2. The highest BCUT2D eigenvalue weighted by Crippen LogP contribution is 2.39. The number of hydrogen-bond acceptors (Lipinski definition) is 6. The molecule has 182 valence electrons. The van der Waals surface area contributed by atoms with Gasteiger partial charge in [0.2, 0.25) is 0 Å². The Labute approximate surface area is 203 Å². The zero-order chi connectivity index (χ0) is 24.4. The number of aliphatic hydroxyl groups excluding tert-OH is 1. The molecule has 3 heterocycles. The number of anilines is 1. The summed E-state index contributed by atoms with van der Waals surface area (Å²) in [6.07, 6.45) is 5.70. The number of amides is 2. The van der Waals surface area contributed by atoms with E-state index in [-0.39, 0.29) is 41.4 Å². The van der Waals surface area contributed by atoms with Gasteiger partial charge in [0.1, 0.15) is 5.56 Å². The molecule has 9 heteroatoms. The SMILES string of the molecule is Cc1cc(-c2ccn3nc(N)c(C(=O)N[C@@H]4CC[C@@H](O)C4)c3n2)cc2c1C(=O)N(C(C)C1CC1)C2. The van der Waals surface area contributed by atoms with E-state index in [4.69, 9.17) is 10.7 Å². The van der Waals surface area contributed by atoms with Crippen LogP contribution >= 0.6 is 0 Å². The molecule has 0 bridgehead atoms. The lowest BCUT2D eigenvalue weighted by molar-refractivity contribution is 0.0696. The highest BCUT2D eigenvalue weighted by molar-refractivity contribution is 6.04. The Morgan fingerprint density at radius 2 is 2.06 bits per heavy atom. The van der Waals surface area contributed by atoms with Gasteiger partial charge >= 0.3 is 0 Å². The molecule has 2 saturated carbocycles. The number of aliphatic hydroxyl groups is 1. The van der Waals surface area contributed by atoms with Crippen molar-refractivity contribution in [3.63, 3.8) is 0 Å². The van der Waals surface area contributed by atoms with Gasteiger partial charge in [0.15, 0.2) is 11.5 Å². The number of nitrogens with two attached hydrogens (primary N) is 1. The number of fused-ring (bicyclic) bond motifs is 2. The Bertz CT molecular complexity index is 1360. The van der Waals surface area contributed by atoms with Gasteiger partial charge < -0.3 is 21.1 Å². The Hall–Kier alpha value is -3.46. The second kappa shape index (κ2) is 8.05. The molecule has 1 aromatic carbocycles. The molecule has 1 aliphatic heterocycles. The van der Waals surface area contributed by atoms with Crippen molar-refractivity contribution in [1.82, 2.24) is 24.8 Å². The number of rotatable bonds is 5. The van der Waals surface area contributed by atoms with E-state index in [1.54, 1.807) is 6.20 Å². The molecule has 3 aliphatic rings. The van der Waals surface area contributed by atoms with Crippen LogP contribution in [0.25, 0.3) is 16.9 Å². The molecule has 2 aliphatic carbocycles. The highest BCUT2D eigenvalue weighted by Gasteiger charge is 2.39. The maximum absolute atomic E-state index is 13.1. The third-order valence-corrected chi connectivity index (χ3v) is 7.80. The van der Waals surface area contributed by atoms with Crippen LogP contribution in [0.5, 0.6) is 0 Å². The van der Waals surface area contributed by atoms with E-state index in [0.717, 1.165) is 28.7 Å². The maximum Gasteiger partial charge on any atom is 0.259 e. The second-order valence-electron chi connectivity index (χ2n) is 10.3. The highest BCUT2D eigenvalue weighted by atomic mass is 16.3. The second-order valence-corrected chi connectivity index (χ2v) is 10.3. The number of aryl methyl sites for hydroxylation is 1. The van der Waals surface area contributed by atoms with Crippen LogP contribution in [0.15, 0.2) is 24.4 Å². The minimum absolute atomic E-state index is 0.0899. The average molecular weight is 475 g/mol. The minimum atomic E-state index is -0.385. The molecular weight excluding hydrogens is 444 g/mol. The summed E-state index contributed by atoms with van der Waals surface area (Å²) in [6.45, 7) is 4.73. The van der Waals surface area contributed by atoms with Crippen LogP contribution in [-0.2, 0) is 6.54 Å². The first-order chi connectivity index (χ1) is 16.8. The summed E-state index contributed by atoms with van der Waals surface area (Å²) < 4.78 is 1.51. The van der Waals surface area contributed by atoms with Gasteiger partial charge in [-0.3, -0.25) is 9.59 Å². The maximum atomic E-state index is 13.1. The van der Waals surface area contributed by atoms with E-state index in [2.05, 4.69) is 17.3 Å². The van der Waals surface area contributed by atoms with Crippen LogP contribution in [0.3, 0.4) is 0 Å². The molecule has 2 aromatic heterocycles. The van der Waals surface area contributed by atoms with Crippen molar-refractivity contribution in [2.45, 2.75) is 70.7 Å². The Kier molecular flexibility index (Phi) is 5.07. The number of hydrogen-bond donors (Lipinski definition) is 3. The van der Waals surface area contributed by atoms with Crippen LogP contribution in [0, 0.1) is 12.8 Å². The molecule has 4 N–H and O–H groups in total. The molecule has 2 amide bonds. The van der Waals surface area contributed by atoms with Gasteiger partial charge in [0.25, 0.3) is 11.8 Å². The van der Waals surface area contributed by atoms with Crippen molar-refractivity contribution in [3.8, 4) is 11.3 Å². The van der Waals surface area contributed by atoms with E-state index >= 15 is 0 Å². The predicted molar refractivity (Wildman–Crippen MR) is 131 cm³/mol. The standard InChI is InChI=1S/C26H30N6O3/c1-13-9-16(10-17-12-31(26(35)21(13)17)14(2)15-3-4-15)20-7-8-32-24(29-20)22(23(27)30-32)25(34)28-18-5-6-19(33)11-18/h7-10,14-15,18-19,33H,3-6,11-12H2,1-2H3,(H2,27,30)(H,28,34)/t14?,18-,19-/m1/s1. The molecule has 0 saturated heterocycles. The van der Waals surface area contributed by atoms with Crippen LogP contribution < -0.4 is 11.1 Å². The summed E-state index contributed by atoms with van der Waals surface area (Å²) in [5.41, 5.74) is 11.1. The smallest absolute Gasteiger partial charge is 0.259 e. The van der Waals surface area contributed by atoms with Crippen molar-refractivity contribution in [3.05, 3.63) is 46.6 Å². The van der Waals surface area contributed by atoms with Crippen LogP contribution in [0.1, 0.15) is 70.9 Å². The van der Waals surface area contributed by atoms with Gasteiger partial charge in [-0.2, -0.15) is 0 Å². The lowest BCUT2D eigenvalue weighted by atomic mass is 9.98. The number of nitrogen functional groups attached to an aromatic ring is 1. The fourth-order valence-corrected chi connectivity index (χ4v) is 5.67. The van der Waals surface area contributed by atoms with Gasteiger partial charge in [-0.1, -0.05) is 0 Å². The third-order valence-electron chi connectivity index (χ3n) is 7.80. The van der Waals surface area contributed by atoms with E-state index in [1.165, 1.54) is 17.4 Å². The predicted octanol–water partition coefficient (Wildman–Crippen LogP) is 2.68. The summed E-state index contributed by atoms with van der Waals surface area (Å²) in [6, 6.07) is 6.03. The van der Waals surface area contributed by atoms with Gasteiger partial charge in [0, 0.05) is 36.0 Å². The van der Waals surface area contributed by atoms with Gasteiger partial charge in [-0.15, -0.1) is 5.10 Å². The molecule has 0 spiro atoms. The van der Waals surface area contributed by atoms with Gasteiger partial charge in [-0.25, -0.2) is 9.50 Å². The molecular formula is C26H30N6O3. The normalized spacial score (nSPS) is 22.6. The lowest BCUT2D eigenvalue weighted by Crippen LogP contribution is -2.34. The van der Waals surface area contributed by atoms with Crippen molar-refractivity contribution in [2.75, 3.05) is 5.73 Å². The van der Waals surface area contributed by atoms with Crippen molar-refractivity contribution in [1.29, 1.82) is 0 Å². The molecule has 3 atom stereocenters. The molecule has 0 radical (unpaired) electrons. The summed E-state index contributed by atoms with van der Waals surface area (Å²) in [4.78, 5) is 32.9. The number of nitrogens with one attached hydrogen (secondary N) is 1.